The second-order valence-electron chi connectivity index (χ2n) is 8.89. The lowest BCUT2D eigenvalue weighted by molar-refractivity contribution is -0.116. The molecule has 38 heavy (non-hydrogen) atoms. The topological polar surface area (TPSA) is 83.1 Å². The van der Waals surface area contributed by atoms with Crippen molar-refractivity contribution in [3.05, 3.63) is 83.9 Å². The van der Waals surface area contributed by atoms with Crippen molar-refractivity contribution in [2.75, 3.05) is 68.7 Å². The number of anilines is 3. The van der Waals surface area contributed by atoms with Crippen LogP contribution in [0, 0.1) is 0 Å². The molecule has 8 nitrogen and oxygen atoms in total. The van der Waals surface area contributed by atoms with Crippen molar-refractivity contribution in [2.45, 2.75) is 5.38 Å². The molecule has 1 saturated heterocycles. The minimum Gasteiger partial charge on any atom is -0.495 e. The fourth-order valence-electron chi connectivity index (χ4n) is 4.49. The molecule has 1 fully saturated rings. The number of para-hydroxylation sites is 2. The maximum Gasteiger partial charge on any atom is 0.253 e. The van der Waals surface area contributed by atoms with E-state index in [1.54, 1.807) is 38.5 Å². The number of benzene rings is 3. The number of ether oxygens (including phenoxy) is 2. The van der Waals surface area contributed by atoms with Gasteiger partial charge in [0.25, 0.3) is 5.91 Å². The highest BCUT2D eigenvalue weighted by Crippen LogP contribution is 2.31. The predicted molar refractivity (Wildman–Crippen MR) is 152 cm³/mol. The van der Waals surface area contributed by atoms with E-state index < -0.39 is 5.38 Å². The van der Waals surface area contributed by atoms with Crippen LogP contribution in [0.2, 0.25) is 0 Å². The van der Waals surface area contributed by atoms with Gasteiger partial charge in [0.2, 0.25) is 5.91 Å². The number of carbonyl (C=O) groups excluding carboxylic acids is 2. The fourth-order valence-corrected chi connectivity index (χ4v) is 4.69. The van der Waals surface area contributed by atoms with E-state index >= 15 is 0 Å². The second-order valence-corrected chi connectivity index (χ2v) is 9.33. The molecule has 1 atom stereocenters. The third-order valence-corrected chi connectivity index (χ3v) is 6.92. The summed E-state index contributed by atoms with van der Waals surface area (Å²) in [5, 5.41) is 4.91. The summed E-state index contributed by atoms with van der Waals surface area (Å²) in [7, 11) is 3.26. The zero-order valence-corrected chi connectivity index (χ0v) is 22.4. The van der Waals surface area contributed by atoms with E-state index in [4.69, 9.17) is 21.1 Å². The van der Waals surface area contributed by atoms with Gasteiger partial charge in [-0.25, -0.2) is 0 Å². The van der Waals surface area contributed by atoms with E-state index in [-0.39, 0.29) is 11.8 Å². The Morgan fingerprint density at radius 3 is 2.24 bits per heavy atom. The Morgan fingerprint density at radius 1 is 0.895 bits per heavy atom. The van der Waals surface area contributed by atoms with Crippen LogP contribution in [0.15, 0.2) is 72.8 Å². The van der Waals surface area contributed by atoms with E-state index in [0.29, 0.717) is 30.0 Å². The predicted octanol–water partition coefficient (Wildman–Crippen LogP) is 4.32. The highest BCUT2D eigenvalue weighted by molar-refractivity contribution is 6.32. The number of methoxy groups -OCH3 is 2. The molecule has 0 radical (unpaired) electrons. The van der Waals surface area contributed by atoms with Gasteiger partial charge >= 0.3 is 0 Å². The van der Waals surface area contributed by atoms with Gasteiger partial charge < -0.3 is 29.9 Å². The van der Waals surface area contributed by atoms with E-state index in [0.717, 1.165) is 43.3 Å². The van der Waals surface area contributed by atoms with Crippen LogP contribution in [0.25, 0.3) is 0 Å². The molecular weight excluding hydrogens is 504 g/mol. The van der Waals surface area contributed by atoms with Crippen LogP contribution < -0.4 is 25.2 Å². The van der Waals surface area contributed by atoms with E-state index in [9.17, 15) is 9.59 Å². The van der Waals surface area contributed by atoms with Crippen molar-refractivity contribution in [2.24, 2.45) is 0 Å². The molecule has 4 rings (SSSR count). The lowest BCUT2D eigenvalue weighted by Crippen LogP contribution is -2.47. The average molecular weight is 537 g/mol. The largest absolute Gasteiger partial charge is 0.495 e. The number of amides is 2. The van der Waals surface area contributed by atoms with Gasteiger partial charge in [-0.05, 0) is 35.9 Å². The van der Waals surface area contributed by atoms with Crippen molar-refractivity contribution < 1.29 is 19.1 Å². The molecule has 2 amide bonds. The molecule has 0 aromatic heterocycles. The third-order valence-electron chi connectivity index (χ3n) is 6.47. The maximum atomic E-state index is 13.2. The smallest absolute Gasteiger partial charge is 0.253 e. The molecule has 3 aromatic carbocycles. The molecule has 2 N–H and O–H groups in total. The molecule has 1 heterocycles. The number of carbonyl (C=O) groups is 2. The number of halogens is 1. The summed E-state index contributed by atoms with van der Waals surface area (Å²) in [6.45, 7) is 3.77. The van der Waals surface area contributed by atoms with Gasteiger partial charge in [0.15, 0.2) is 0 Å². The number of piperazine rings is 1. The van der Waals surface area contributed by atoms with Crippen LogP contribution in [0.5, 0.6) is 5.75 Å². The molecule has 1 aliphatic heterocycles. The molecule has 0 unspecified atom stereocenters. The first kappa shape index (κ1) is 27.3. The normalized spacial score (nSPS) is 14.1. The molecule has 3 aromatic rings. The Bertz CT molecular complexity index is 1230. The first-order chi connectivity index (χ1) is 18.5. The first-order valence-electron chi connectivity index (χ1n) is 12.6. The van der Waals surface area contributed by atoms with E-state index in [1.807, 2.05) is 42.5 Å². The number of alkyl halides is 1. The molecule has 200 valence electrons. The van der Waals surface area contributed by atoms with Gasteiger partial charge in [-0.1, -0.05) is 42.5 Å². The second kappa shape index (κ2) is 13.2. The Labute approximate surface area is 228 Å². The Morgan fingerprint density at radius 2 is 1.55 bits per heavy atom. The van der Waals surface area contributed by atoms with Crippen LogP contribution in [0.4, 0.5) is 17.1 Å². The Hall–Kier alpha value is -3.75. The number of nitrogens with one attached hydrogen (secondary N) is 2. The van der Waals surface area contributed by atoms with Crippen LogP contribution >= 0.6 is 11.6 Å². The summed E-state index contributed by atoms with van der Waals surface area (Å²) in [4.78, 5) is 30.5. The number of hydrogen-bond acceptors (Lipinski definition) is 6. The maximum absolute atomic E-state index is 13.2. The van der Waals surface area contributed by atoms with Crippen molar-refractivity contribution in [1.82, 2.24) is 5.32 Å². The van der Waals surface area contributed by atoms with Crippen molar-refractivity contribution in [1.29, 1.82) is 0 Å². The highest BCUT2D eigenvalue weighted by atomic mass is 35.5. The van der Waals surface area contributed by atoms with Gasteiger partial charge in [0, 0.05) is 51.2 Å². The SMILES string of the molecule is COCCNC(=O)c1cc(NC(=O)[C@H](Cl)c2ccccc2)ccc1N1CCN(c2ccccc2OC)CC1. The van der Waals surface area contributed by atoms with Gasteiger partial charge in [0.1, 0.15) is 11.1 Å². The van der Waals surface area contributed by atoms with Gasteiger partial charge in [-0.3, -0.25) is 9.59 Å². The average Bonchev–Trinajstić information content (AvgIpc) is 2.97. The standard InChI is InChI=1S/C29H33ClN4O4/c1-37-19-14-31-28(35)23-20-22(32-29(36)27(30)21-8-4-3-5-9-21)12-13-24(23)33-15-17-34(18-16-33)25-10-6-7-11-26(25)38-2/h3-13,20,27H,14-19H2,1-2H3,(H,31,35)(H,32,36)/t27-/m1/s1. The summed E-state index contributed by atoms with van der Waals surface area (Å²) < 4.78 is 10.6. The Balaban J connectivity index is 1.52. The quantitative estimate of drug-likeness (QED) is 0.297. The highest BCUT2D eigenvalue weighted by Gasteiger charge is 2.24. The zero-order valence-electron chi connectivity index (χ0n) is 21.7. The van der Waals surface area contributed by atoms with Crippen molar-refractivity contribution in [3.63, 3.8) is 0 Å². The van der Waals surface area contributed by atoms with Crippen LogP contribution in [0.3, 0.4) is 0 Å². The van der Waals surface area contributed by atoms with Crippen molar-refractivity contribution in [3.8, 4) is 5.75 Å². The third kappa shape index (κ3) is 6.57. The van der Waals surface area contributed by atoms with E-state index in [1.165, 1.54) is 0 Å². The van der Waals surface area contributed by atoms with Gasteiger partial charge in [-0.15, -0.1) is 11.6 Å². The summed E-state index contributed by atoms with van der Waals surface area (Å²) in [5.74, 6) is 0.250. The minimum absolute atomic E-state index is 0.231. The molecule has 0 bridgehead atoms. The summed E-state index contributed by atoms with van der Waals surface area (Å²) in [5.41, 5.74) is 3.55. The molecule has 9 heteroatoms. The fraction of sp³-hybridized carbons (Fsp3) is 0.310. The molecule has 0 spiro atoms. The van der Waals surface area contributed by atoms with Crippen molar-refractivity contribution >= 4 is 40.5 Å². The summed E-state index contributed by atoms with van der Waals surface area (Å²) in [6, 6.07) is 22.5. The molecular formula is C29H33ClN4O4. The lowest BCUT2D eigenvalue weighted by atomic mass is 10.1. The zero-order chi connectivity index (χ0) is 26.9. The summed E-state index contributed by atoms with van der Waals surface area (Å²) in [6.07, 6.45) is 0. The molecule has 0 aliphatic carbocycles. The summed E-state index contributed by atoms with van der Waals surface area (Å²) >= 11 is 6.41. The number of nitrogens with zero attached hydrogens (tertiary/aromatic N) is 2. The van der Waals surface area contributed by atoms with Crippen LogP contribution in [-0.4, -0.2) is 65.4 Å². The lowest BCUT2D eigenvalue weighted by Gasteiger charge is -2.38. The van der Waals surface area contributed by atoms with Crippen LogP contribution in [-0.2, 0) is 9.53 Å². The molecule has 1 aliphatic rings. The van der Waals surface area contributed by atoms with Gasteiger partial charge in [-0.2, -0.15) is 0 Å². The Kier molecular flexibility index (Phi) is 9.46. The monoisotopic (exact) mass is 536 g/mol. The van der Waals surface area contributed by atoms with Gasteiger partial charge in [0.05, 0.1) is 25.0 Å². The number of hydrogen-bond donors (Lipinski definition) is 2. The minimum atomic E-state index is -0.849. The van der Waals surface area contributed by atoms with E-state index in [2.05, 4.69) is 26.5 Å². The first-order valence-corrected chi connectivity index (χ1v) is 13.0. The molecule has 0 saturated carbocycles. The number of rotatable bonds is 10. The van der Waals surface area contributed by atoms with Crippen LogP contribution in [0.1, 0.15) is 21.3 Å².